The van der Waals surface area contributed by atoms with Gasteiger partial charge in [0.25, 0.3) is 0 Å². The van der Waals surface area contributed by atoms with E-state index in [4.69, 9.17) is 11.6 Å². The van der Waals surface area contributed by atoms with E-state index in [1.54, 1.807) is 0 Å². The van der Waals surface area contributed by atoms with E-state index in [1.165, 1.54) is 5.57 Å². The van der Waals surface area contributed by atoms with Gasteiger partial charge in [-0.25, -0.2) is 0 Å². The minimum absolute atomic E-state index is 0.125. The first-order chi connectivity index (χ1) is 3.80. The molecule has 1 unspecified atom stereocenters. The normalized spacial score (nSPS) is 27.8. The zero-order valence-electron chi connectivity index (χ0n) is 4.76. The Morgan fingerprint density at radius 3 is 2.62 bits per heavy atom. The van der Waals surface area contributed by atoms with Crippen LogP contribution in [0, 0.1) is 6.42 Å². The third kappa shape index (κ3) is 1.13. The molecule has 8 heavy (non-hydrogen) atoms. The van der Waals surface area contributed by atoms with Crippen LogP contribution in [0.25, 0.3) is 0 Å². The van der Waals surface area contributed by atoms with Gasteiger partial charge < -0.3 is 0 Å². The topological polar surface area (TPSA) is 0 Å². The Morgan fingerprint density at radius 1 is 1.50 bits per heavy atom. The monoisotopic (exact) mass is 127 g/mol. The van der Waals surface area contributed by atoms with Gasteiger partial charge >= 0.3 is 0 Å². The molecule has 0 nitrogen and oxygen atoms in total. The molecule has 1 atom stereocenters. The molecule has 0 aromatic heterocycles. The Kier molecular flexibility index (Phi) is 1.74. The zero-order valence-corrected chi connectivity index (χ0v) is 5.52. The van der Waals surface area contributed by atoms with Crippen LogP contribution in [0.5, 0.6) is 0 Å². The summed E-state index contributed by atoms with van der Waals surface area (Å²) in [4.78, 5) is 0. The van der Waals surface area contributed by atoms with E-state index in [0.29, 0.717) is 0 Å². The van der Waals surface area contributed by atoms with Gasteiger partial charge in [-0.05, 0) is 6.92 Å². The van der Waals surface area contributed by atoms with Crippen molar-refractivity contribution in [3.63, 3.8) is 0 Å². The van der Waals surface area contributed by atoms with Crippen molar-refractivity contribution >= 4 is 11.6 Å². The minimum Gasteiger partial charge on any atom is -0.118 e. The van der Waals surface area contributed by atoms with Crippen molar-refractivity contribution in [1.82, 2.24) is 0 Å². The van der Waals surface area contributed by atoms with Gasteiger partial charge in [0, 0.05) is 6.42 Å². The van der Waals surface area contributed by atoms with Gasteiger partial charge in [0.05, 0.1) is 5.38 Å². The Hall–Kier alpha value is -0.230. The Labute approximate surface area is 54.8 Å². The summed E-state index contributed by atoms with van der Waals surface area (Å²) in [6.07, 6.45) is 7.95. The largest absolute Gasteiger partial charge is 0.118 e. The quantitative estimate of drug-likeness (QED) is 0.438. The van der Waals surface area contributed by atoms with Gasteiger partial charge in [0.1, 0.15) is 0 Å². The van der Waals surface area contributed by atoms with Crippen molar-refractivity contribution in [1.29, 1.82) is 0 Å². The number of allylic oxidation sites excluding steroid dienone is 4. The van der Waals surface area contributed by atoms with Gasteiger partial charge in [0.2, 0.25) is 0 Å². The molecular formula is C7H8Cl. The molecule has 0 N–H and O–H groups in total. The lowest BCUT2D eigenvalue weighted by atomic mass is 10.1. The molecule has 1 aliphatic carbocycles. The molecule has 0 fully saturated rings. The second-order valence-corrected chi connectivity index (χ2v) is 2.36. The molecule has 0 saturated heterocycles. The van der Waals surface area contributed by atoms with E-state index in [0.717, 1.165) is 0 Å². The lowest BCUT2D eigenvalue weighted by molar-refractivity contribution is 1.14. The van der Waals surface area contributed by atoms with Gasteiger partial charge in [-0.2, -0.15) is 0 Å². The van der Waals surface area contributed by atoms with Crippen molar-refractivity contribution in [3.05, 3.63) is 30.2 Å². The molecule has 0 spiro atoms. The highest BCUT2D eigenvalue weighted by atomic mass is 35.5. The summed E-state index contributed by atoms with van der Waals surface area (Å²) in [5, 5.41) is 0.125. The summed E-state index contributed by atoms with van der Waals surface area (Å²) < 4.78 is 0. The Morgan fingerprint density at radius 2 is 2.25 bits per heavy atom. The number of hydrogen-bond acceptors (Lipinski definition) is 0. The van der Waals surface area contributed by atoms with Crippen molar-refractivity contribution in [3.8, 4) is 0 Å². The zero-order chi connectivity index (χ0) is 5.98. The van der Waals surface area contributed by atoms with E-state index in [9.17, 15) is 0 Å². The van der Waals surface area contributed by atoms with Crippen LogP contribution in [0.4, 0.5) is 0 Å². The predicted octanol–water partition coefficient (Wildman–Crippen LogP) is 2.31. The lowest BCUT2D eigenvalue weighted by Crippen LogP contribution is -2.01. The van der Waals surface area contributed by atoms with Gasteiger partial charge in [-0.1, -0.05) is 23.8 Å². The molecule has 0 aliphatic heterocycles. The molecular weight excluding hydrogens is 120 g/mol. The van der Waals surface area contributed by atoms with Crippen LogP contribution in [0.15, 0.2) is 23.8 Å². The van der Waals surface area contributed by atoms with Crippen LogP contribution in [-0.2, 0) is 0 Å². The van der Waals surface area contributed by atoms with Crippen molar-refractivity contribution in [2.24, 2.45) is 0 Å². The maximum absolute atomic E-state index is 5.79. The number of hydrogen-bond donors (Lipinski definition) is 0. The van der Waals surface area contributed by atoms with Crippen LogP contribution in [0.2, 0.25) is 0 Å². The molecule has 1 radical (unpaired) electrons. The highest BCUT2D eigenvalue weighted by Crippen LogP contribution is 2.16. The molecule has 0 saturated carbocycles. The van der Waals surface area contributed by atoms with E-state index in [2.05, 4.69) is 0 Å². The maximum atomic E-state index is 5.79. The summed E-state index contributed by atoms with van der Waals surface area (Å²) in [5.41, 5.74) is 1.22. The second-order valence-electron chi connectivity index (χ2n) is 1.89. The fourth-order valence-corrected chi connectivity index (χ4v) is 0.769. The van der Waals surface area contributed by atoms with Gasteiger partial charge in [-0.3, -0.25) is 0 Å². The first-order valence-corrected chi connectivity index (χ1v) is 3.07. The highest BCUT2D eigenvalue weighted by molar-refractivity contribution is 6.23. The summed E-state index contributed by atoms with van der Waals surface area (Å²) in [5.74, 6) is 0. The first kappa shape index (κ1) is 5.90. The fourth-order valence-electron chi connectivity index (χ4n) is 0.613. The third-order valence-corrected chi connectivity index (χ3v) is 1.67. The number of halogens is 1. The average Bonchev–Trinajstić information content (AvgIpc) is 1.77. The Balaban J connectivity index is 2.66. The molecule has 0 aromatic carbocycles. The Bertz CT molecular complexity index is 133. The van der Waals surface area contributed by atoms with E-state index < -0.39 is 0 Å². The van der Waals surface area contributed by atoms with Crippen molar-refractivity contribution in [2.75, 3.05) is 0 Å². The molecule has 1 aliphatic rings. The first-order valence-electron chi connectivity index (χ1n) is 2.63. The highest BCUT2D eigenvalue weighted by Gasteiger charge is 2.05. The summed E-state index contributed by atoms with van der Waals surface area (Å²) in [6.45, 7) is 2.03. The van der Waals surface area contributed by atoms with E-state index in [-0.39, 0.29) is 5.38 Å². The van der Waals surface area contributed by atoms with Crippen molar-refractivity contribution < 1.29 is 0 Å². The third-order valence-electron chi connectivity index (χ3n) is 1.19. The van der Waals surface area contributed by atoms with E-state index in [1.807, 2.05) is 31.6 Å². The average molecular weight is 128 g/mol. The number of rotatable bonds is 0. The summed E-state index contributed by atoms with van der Waals surface area (Å²) in [6, 6.07) is 0. The molecule has 1 rings (SSSR count). The molecule has 0 amide bonds. The predicted molar refractivity (Wildman–Crippen MR) is 36.8 cm³/mol. The molecule has 0 bridgehead atoms. The summed E-state index contributed by atoms with van der Waals surface area (Å²) >= 11 is 5.79. The van der Waals surface area contributed by atoms with Crippen molar-refractivity contribution in [2.45, 2.75) is 12.3 Å². The minimum atomic E-state index is 0.125. The molecule has 1 heteroatoms. The number of alkyl halides is 1. The molecule has 0 heterocycles. The van der Waals surface area contributed by atoms with Crippen LogP contribution >= 0.6 is 11.6 Å². The maximum Gasteiger partial charge on any atom is 0.0614 e. The fraction of sp³-hybridized carbons (Fsp3) is 0.286. The molecule has 43 valence electrons. The van der Waals surface area contributed by atoms with Gasteiger partial charge in [-0.15, -0.1) is 11.6 Å². The van der Waals surface area contributed by atoms with Crippen LogP contribution in [0.3, 0.4) is 0 Å². The van der Waals surface area contributed by atoms with Crippen LogP contribution < -0.4 is 0 Å². The smallest absolute Gasteiger partial charge is 0.0614 e. The molecule has 0 aromatic rings. The van der Waals surface area contributed by atoms with E-state index >= 15 is 0 Å². The summed E-state index contributed by atoms with van der Waals surface area (Å²) in [7, 11) is 0. The standard InChI is InChI=1S/C7H8Cl/c1-6-4-2-3-5-7(6)8/h2-5,7H,1H3. The van der Waals surface area contributed by atoms with Crippen LogP contribution in [-0.4, -0.2) is 5.38 Å². The van der Waals surface area contributed by atoms with Gasteiger partial charge in [0.15, 0.2) is 0 Å². The lowest BCUT2D eigenvalue weighted by Gasteiger charge is -2.08. The second kappa shape index (κ2) is 2.36. The van der Waals surface area contributed by atoms with Crippen LogP contribution in [0.1, 0.15) is 6.92 Å². The SMILES string of the molecule is CC1=CC=C[CH]C1Cl.